The Morgan fingerprint density at radius 2 is 1.84 bits per heavy atom. The number of hydrogen-bond acceptors (Lipinski definition) is 5. The highest BCUT2D eigenvalue weighted by atomic mass is 15.7. The molecule has 94 valence electrons. The van der Waals surface area contributed by atoms with Crippen LogP contribution in [-0.2, 0) is 6.67 Å². The number of benzene rings is 2. The van der Waals surface area contributed by atoms with E-state index in [2.05, 4.69) is 27.3 Å². The first-order valence-electron chi connectivity index (χ1n) is 6.08. The molecule has 3 aromatic rings. The summed E-state index contributed by atoms with van der Waals surface area (Å²) in [4.78, 5) is 0. The van der Waals surface area contributed by atoms with E-state index in [4.69, 9.17) is 0 Å². The summed E-state index contributed by atoms with van der Waals surface area (Å²) in [6, 6.07) is 16.0. The summed E-state index contributed by atoms with van der Waals surface area (Å²) in [6.07, 6.45) is 0. The molecule has 0 amide bonds. The van der Waals surface area contributed by atoms with Crippen LogP contribution in [0.4, 0.5) is 11.4 Å². The molecule has 0 saturated heterocycles. The molecule has 6 nitrogen and oxygen atoms in total. The summed E-state index contributed by atoms with van der Waals surface area (Å²) in [7, 11) is 0. The van der Waals surface area contributed by atoms with Crippen molar-refractivity contribution in [2.24, 2.45) is 0 Å². The lowest BCUT2D eigenvalue weighted by Crippen LogP contribution is -2.37. The average molecular weight is 252 g/mol. The standard InChI is InChI=1S/C13H12N6/c1-3-7-12-10(5-1)14-16-18(12)9-19-13-8-4-2-6-11(13)15-17-19/h1-8,14,16H,9H2. The fourth-order valence-corrected chi connectivity index (χ4v) is 2.27. The maximum atomic E-state index is 4.19. The highest BCUT2D eigenvalue weighted by Crippen LogP contribution is 2.28. The Bertz CT molecular complexity index is 735. The molecule has 6 heteroatoms. The van der Waals surface area contributed by atoms with Crippen molar-refractivity contribution in [3.63, 3.8) is 0 Å². The van der Waals surface area contributed by atoms with Gasteiger partial charge < -0.3 is 5.43 Å². The van der Waals surface area contributed by atoms with Crippen molar-refractivity contribution in [2.75, 3.05) is 10.4 Å². The van der Waals surface area contributed by atoms with E-state index in [0.29, 0.717) is 6.67 Å². The Balaban J connectivity index is 1.70. The molecule has 0 aliphatic carbocycles. The minimum absolute atomic E-state index is 0.588. The Hall–Kier alpha value is -2.60. The van der Waals surface area contributed by atoms with Crippen LogP contribution in [0.1, 0.15) is 0 Å². The van der Waals surface area contributed by atoms with Crippen LogP contribution in [-0.4, -0.2) is 15.0 Å². The van der Waals surface area contributed by atoms with Crippen molar-refractivity contribution in [2.45, 2.75) is 6.67 Å². The smallest absolute Gasteiger partial charge is 0.131 e. The Morgan fingerprint density at radius 1 is 1.00 bits per heavy atom. The number of hydrogen-bond donors (Lipinski definition) is 2. The van der Waals surface area contributed by atoms with Gasteiger partial charge in [0.05, 0.1) is 16.9 Å². The quantitative estimate of drug-likeness (QED) is 0.727. The molecular weight excluding hydrogens is 240 g/mol. The summed E-state index contributed by atoms with van der Waals surface area (Å²) in [6.45, 7) is 0.588. The maximum absolute atomic E-state index is 4.19. The van der Waals surface area contributed by atoms with Crippen molar-refractivity contribution >= 4 is 22.4 Å². The maximum Gasteiger partial charge on any atom is 0.131 e. The number of nitrogens with zero attached hydrogens (tertiary/aromatic N) is 4. The third-order valence-corrected chi connectivity index (χ3v) is 3.22. The van der Waals surface area contributed by atoms with Crippen LogP contribution in [0.5, 0.6) is 0 Å². The first-order chi connectivity index (χ1) is 9.42. The van der Waals surface area contributed by atoms with Gasteiger partial charge in [-0.3, -0.25) is 5.01 Å². The predicted octanol–water partition coefficient (Wildman–Crippen LogP) is 1.74. The van der Waals surface area contributed by atoms with Crippen molar-refractivity contribution in [1.29, 1.82) is 0 Å². The molecule has 1 aromatic heterocycles. The van der Waals surface area contributed by atoms with E-state index in [1.807, 2.05) is 52.2 Å². The second-order valence-corrected chi connectivity index (χ2v) is 4.40. The lowest BCUT2D eigenvalue weighted by atomic mass is 10.3. The van der Waals surface area contributed by atoms with E-state index >= 15 is 0 Å². The second kappa shape index (κ2) is 3.96. The number of nitrogens with one attached hydrogen (secondary N) is 2. The molecule has 0 saturated carbocycles. The van der Waals surface area contributed by atoms with Gasteiger partial charge >= 0.3 is 0 Å². The molecule has 1 aliphatic heterocycles. The monoisotopic (exact) mass is 252 g/mol. The Kier molecular flexibility index (Phi) is 2.15. The number of hydrazine groups is 2. The number of fused-ring (bicyclic) bond motifs is 2. The molecular formula is C13H12N6. The molecule has 19 heavy (non-hydrogen) atoms. The highest BCUT2D eigenvalue weighted by molar-refractivity contribution is 5.75. The number of anilines is 2. The lowest BCUT2D eigenvalue weighted by molar-refractivity contribution is 0.546. The van der Waals surface area contributed by atoms with Crippen molar-refractivity contribution < 1.29 is 0 Å². The summed E-state index contributed by atoms with van der Waals surface area (Å²) in [5.41, 5.74) is 10.3. The van der Waals surface area contributed by atoms with Crippen LogP contribution in [0.3, 0.4) is 0 Å². The minimum atomic E-state index is 0.588. The van der Waals surface area contributed by atoms with Crippen LogP contribution in [0.2, 0.25) is 0 Å². The van der Waals surface area contributed by atoms with Gasteiger partial charge in [-0.1, -0.05) is 29.5 Å². The van der Waals surface area contributed by atoms with Gasteiger partial charge in [0.15, 0.2) is 0 Å². The van der Waals surface area contributed by atoms with Gasteiger partial charge in [-0.15, -0.1) is 10.6 Å². The second-order valence-electron chi connectivity index (χ2n) is 4.40. The Labute approximate surface area is 109 Å². The molecule has 2 N–H and O–H groups in total. The van der Waals surface area contributed by atoms with Crippen LogP contribution in [0.25, 0.3) is 11.0 Å². The molecule has 1 aliphatic rings. The van der Waals surface area contributed by atoms with E-state index in [-0.39, 0.29) is 0 Å². The number of para-hydroxylation sites is 3. The van der Waals surface area contributed by atoms with Gasteiger partial charge in [0, 0.05) is 0 Å². The van der Waals surface area contributed by atoms with Crippen LogP contribution in [0.15, 0.2) is 48.5 Å². The van der Waals surface area contributed by atoms with E-state index in [9.17, 15) is 0 Å². The molecule has 4 rings (SSSR count). The zero-order valence-corrected chi connectivity index (χ0v) is 10.1. The van der Waals surface area contributed by atoms with Crippen LogP contribution < -0.4 is 16.0 Å². The SMILES string of the molecule is c1ccc2c(c1)NNN2Cn1nnc2ccccc21. The normalized spacial score (nSPS) is 13.6. The fourth-order valence-electron chi connectivity index (χ4n) is 2.27. The number of aromatic nitrogens is 3. The highest BCUT2D eigenvalue weighted by Gasteiger charge is 2.18. The van der Waals surface area contributed by atoms with Crippen molar-refractivity contribution in [3.05, 3.63) is 48.5 Å². The lowest BCUT2D eigenvalue weighted by Gasteiger charge is -2.17. The van der Waals surface area contributed by atoms with E-state index in [1.54, 1.807) is 0 Å². The average Bonchev–Trinajstić information content (AvgIpc) is 3.05. The van der Waals surface area contributed by atoms with Gasteiger partial charge in [-0.25, -0.2) is 4.68 Å². The summed E-state index contributed by atoms with van der Waals surface area (Å²) < 4.78 is 1.87. The molecule has 0 radical (unpaired) electrons. The van der Waals surface area contributed by atoms with E-state index in [0.717, 1.165) is 22.4 Å². The molecule has 0 spiro atoms. The van der Waals surface area contributed by atoms with Gasteiger partial charge in [-0.05, 0) is 24.3 Å². The van der Waals surface area contributed by atoms with Crippen LogP contribution >= 0.6 is 0 Å². The topological polar surface area (TPSA) is 58.0 Å². The van der Waals surface area contributed by atoms with Gasteiger partial charge in [-0.2, -0.15) is 0 Å². The fraction of sp³-hybridized carbons (Fsp3) is 0.0769. The zero-order chi connectivity index (χ0) is 12.7. The van der Waals surface area contributed by atoms with Gasteiger partial charge in [0.2, 0.25) is 0 Å². The van der Waals surface area contributed by atoms with Gasteiger partial charge in [0.25, 0.3) is 0 Å². The zero-order valence-electron chi connectivity index (χ0n) is 10.1. The van der Waals surface area contributed by atoms with Crippen molar-refractivity contribution in [3.8, 4) is 0 Å². The predicted molar refractivity (Wildman–Crippen MR) is 73.2 cm³/mol. The third-order valence-electron chi connectivity index (χ3n) is 3.22. The summed E-state index contributed by atoms with van der Waals surface area (Å²) >= 11 is 0. The van der Waals surface area contributed by atoms with Gasteiger partial charge in [0.1, 0.15) is 12.2 Å². The molecule has 0 atom stereocenters. The molecule has 2 heterocycles. The third kappa shape index (κ3) is 1.61. The molecule has 0 bridgehead atoms. The summed E-state index contributed by atoms with van der Waals surface area (Å²) in [5, 5.41) is 10.3. The molecule has 2 aromatic carbocycles. The number of rotatable bonds is 2. The first-order valence-corrected chi connectivity index (χ1v) is 6.08. The van der Waals surface area contributed by atoms with Crippen molar-refractivity contribution in [1.82, 2.24) is 20.5 Å². The Morgan fingerprint density at radius 3 is 2.84 bits per heavy atom. The molecule has 0 fully saturated rings. The largest absolute Gasteiger partial charge is 0.302 e. The van der Waals surface area contributed by atoms with Crippen LogP contribution in [0, 0.1) is 0 Å². The van der Waals surface area contributed by atoms with E-state index in [1.165, 1.54) is 0 Å². The summed E-state index contributed by atoms with van der Waals surface area (Å²) in [5.74, 6) is 0. The first kappa shape index (κ1) is 10.3. The molecule has 0 unspecified atom stereocenters. The minimum Gasteiger partial charge on any atom is -0.302 e. The van der Waals surface area contributed by atoms with E-state index < -0.39 is 0 Å².